The average Bonchev–Trinajstić information content (AvgIpc) is 2.70. The first-order chi connectivity index (χ1) is 8.15. The lowest BCUT2D eigenvalue weighted by Crippen LogP contribution is -2.57. The second-order valence-corrected chi connectivity index (χ2v) is 5.82. The van der Waals surface area contributed by atoms with Crippen LogP contribution in [0.5, 0.6) is 0 Å². The van der Waals surface area contributed by atoms with Gasteiger partial charge < -0.3 is 5.73 Å². The summed E-state index contributed by atoms with van der Waals surface area (Å²) in [5.41, 5.74) is 6.48. The zero-order valence-electron chi connectivity index (χ0n) is 12.3. The molecular formula is C15H32N2. The Kier molecular flexibility index (Phi) is 5.94. The lowest BCUT2D eigenvalue weighted by atomic mass is 9.85. The number of hydrogen-bond acceptors (Lipinski definition) is 2. The summed E-state index contributed by atoms with van der Waals surface area (Å²) in [6, 6.07) is 1.49. The minimum atomic E-state index is 0.278. The normalized spacial score (nSPS) is 26.6. The first-order valence-corrected chi connectivity index (χ1v) is 7.63. The van der Waals surface area contributed by atoms with E-state index in [1.807, 2.05) is 0 Å². The maximum atomic E-state index is 6.20. The van der Waals surface area contributed by atoms with E-state index < -0.39 is 0 Å². The van der Waals surface area contributed by atoms with Gasteiger partial charge in [0.05, 0.1) is 0 Å². The van der Waals surface area contributed by atoms with Gasteiger partial charge in [0, 0.05) is 24.2 Å². The van der Waals surface area contributed by atoms with Crippen LogP contribution < -0.4 is 5.73 Å². The van der Waals surface area contributed by atoms with Gasteiger partial charge in [-0.25, -0.2) is 0 Å². The molecule has 0 bridgehead atoms. The molecular weight excluding hydrogens is 208 g/mol. The Balaban J connectivity index is 2.92. The second-order valence-electron chi connectivity index (χ2n) is 5.82. The van der Waals surface area contributed by atoms with Crippen molar-refractivity contribution in [3.8, 4) is 0 Å². The smallest absolute Gasteiger partial charge is 0.0337 e. The van der Waals surface area contributed by atoms with E-state index in [2.05, 4.69) is 32.6 Å². The zero-order valence-corrected chi connectivity index (χ0v) is 12.3. The van der Waals surface area contributed by atoms with Crippen molar-refractivity contribution in [1.82, 2.24) is 4.90 Å². The van der Waals surface area contributed by atoms with E-state index in [1.165, 1.54) is 44.9 Å². The molecule has 2 N–H and O–H groups in total. The van der Waals surface area contributed by atoms with Crippen molar-refractivity contribution in [2.75, 3.05) is 6.54 Å². The Morgan fingerprint density at radius 3 is 2.12 bits per heavy atom. The third-order valence-corrected chi connectivity index (χ3v) is 4.62. The van der Waals surface area contributed by atoms with E-state index >= 15 is 0 Å². The van der Waals surface area contributed by atoms with Crippen LogP contribution in [0.2, 0.25) is 0 Å². The maximum Gasteiger partial charge on any atom is 0.0337 e. The molecule has 2 heteroatoms. The first kappa shape index (κ1) is 15.0. The van der Waals surface area contributed by atoms with E-state index in [-0.39, 0.29) is 5.54 Å². The van der Waals surface area contributed by atoms with Crippen molar-refractivity contribution < 1.29 is 0 Å². The maximum absolute atomic E-state index is 6.20. The highest BCUT2D eigenvalue weighted by atomic mass is 15.3. The third kappa shape index (κ3) is 3.03. The molecule has 2 unspecified atom stereocenters. The zero-order chi connectivity index (χ0) is 12.9. The summed E-state index contributed by atoms with van der Waals surface area (Å²) in [7, 11) is 0. The summed E-state index contributed by atoms with van der Waals surface area (Å²) in [6.07, 6.45) is 9.02. The Morgan fingerprint density at radius 1 is 1.12 bits per heavy atom. The molecule has 1 heterocycles. The molecule has 0 aliphatic carbocycles. The van der Waals surface area contributed by atoms with Crippen LogP contribution in [-0.2, 0) is 0 Å². The van der Waals surface area contributed by atoms with E-state index in [4.69, 9.17) is 5.73 Å². The Morgan fingerprint density at radius 2 is 1.71 bits per heavy atom. The van der Waals surface area contributed by atoms with Crippen LogP contribution in [-0.4, -0.2) is 29.1 Å². The van der Waals surface area contributed by atoms with Crippen molar-refractivity contribution in [1.29, 1.82) is 0 Å². The molecule has 0 aromatic rings. The number of nitrogens with zero attached hydrogens (tertiary/aromatic N) is 1. The lowest BCUT2D eigenvalue weighted by Gasteiger charge is -2.47. The minimum absolute atomic E-state index is 0.278. The summed E-state index contributed by atoms with van der Waals surface area (Å²) < 4.78 is 0. The van der Waals surface area contributed by atoms with Crippen molar-refractivity contribution >= 4 is 0 Å². The Bertz CT molecular complexity index is 209. The molecule has 2 nitrogen and oxygen atoms in total. The van der Waals surface area contributed by atoms with Crippen LogP contribution >= 0.6 is 0 Å². The predicted molar refractivity (Wildman–Crippen MR) is 76.2 cm³/mol. The minimum Gasteiger partial charge on any atom is -0.329 e. The predicted octanol–water partition coefficient (Wildman–Crippen LogP) is 3.55. The van der Waals surface area contributed by atoms with E-state index in [1.54, 1.807) is 0 Å². The van der Waals surface area contributed by atoms with E-state index in [9.17, 15) is 0 Å². The summed E-state index contributed by atoms with van der Waals surface area (Å²) >= 11 is 0. The first-order valence-electron chi connectivity index (χ1n) is 7.63. The fourth-order valence-corrected chi connectivity index (χ4v) is 3.95. The number of likely N-dealkylation sites (tertiary alicyclic amines) is 1. The van der Waals surface area contributed by atoms with Crippen LogP contribution in [0.1, 0.15) is 72.6 Å². The average molecular weight is 240 g/mol. The largest absolute Gasteiger partial charge is 0.329 e. The fourth-order valence-electron chi connectivity index (χ4n) is 3.95. The van der Waals surface area contributed by atoms with Gasteiger partial charge in [-0.3, -0.25) is 4.90 Å². The molecule has 0 spiro atoms. The summed E-state index contributed by atoms with van der Waals surface area (Å²) in [4.78, 5) is 2.79. The van der Waals surface area contributed by atoms with Crippen LogP contribution in [0.15, 0.2) is 0 Å². The van der Waals surface area contributed by atoms with Crippen molar-refractivity contribution in [3.63, 3.8) is 0 Å². The number of rotatable bonds is 7. The summed E-state index contributed by atoms with van der Waals surface area (Å²) in [5, 5.41) is 0. The standard InChI is InChI=1S/C15H32N2/c1-5-10-15(12-16,11-6-2)17-13(4)8-9-14(17)7-3/h13-14H,5-12,16H2,1-4H3. The van der Waals surface area contributed by atoms with Gasteiger partial charge in [0.2, 0.25) is 0 Å². The van der Waals surface area contributed by atoms with E-state index in [0.29, 0.717) is 0 Å². The van der Waals surface area contributed by atoms with Gasteiger partial charge in [0.15, 0.2) is 0 Å². The van der Waals surface area contributed by atoms with Crippen molar-refractivity contribution in [3.05, 3.63) is 0 Å². The van der Waals surface area contributed by atoms with Gasteiger partial charge in [-0.2, -0.15) is 0 Å². The van der Waals surface area contributed by atoms with Gasteiger partial charge in [0.1, 0.15) is 0 Å². The van der Waals surface area contributed by atoms with Crippen LogP contribution in [0.3, 0.4) is 0 Å². The highest BCUT2D eigenvalue weighted by Crippen LogP contribution is 2.38. The molecule has 0 aromatic carbocycles. The monoisotopic (exact) mass is 240 g/mol. The molecule has 17 heavy (non-hydrogen) atoms. The van der Waals surface area contributed by atoms with Gasteiger partial charge in [-0.1, -0.05) is 33.6 Å². The number of nitrogens with two attached hydrogens (primary N) is 1. The molecule has 0 saturated carbocycles. The molecule has 0 aromatic heterocycles. The molecule has 2 atom stereocenters. The topological polar surface area (TPSA) is 29.3 Å². The number of hydrogen-bond donors (Lipinski definition) is 1. The SMILES string of the molecule is CCCC(CN)(CCC)N1C(C)CCC1CC. The van der Waals surface area contributed by atoms with Crippen LogP contribution in [0.4, 0.5) is 0 Å². The van der Waals surface area contributed by atoms with E-state index in [0.717, 1.165) is 18.6 Å². The second kappa shape index (κ2) is 6.75. The van der Waals surface area contributed by atoms with Crippen molar-refractivity contribution in [2.45, 2.75) is 90.3 Å². The molecule has 1 fully saturated rings. The van der Waals surface area contributed by atoms with Gasteiger partial charge in [-0.15, -0.1) is 0 Å². The highest BCUT2D eigenvalue weighted by molar-refractivity contribution is 5.00. The Hall–Kier alpha value is -0.0800. The molecule has 0 radical (unpaired) electrons. The van der Waals surface area contributed by atoms with Crippen molar-refractivity contribution in [2.24, 2.45) is 5.73 Å². The molecule has 1 rings (SSSR count). The van der Waals surface area contributed by atoms with Gasteiger partial charge in [-0.05, 0) is 39.0 Å². The van der Waals surface area contributed by atoms with Crippen LogP contribution in [0, 0.1) is 0 Å². The molecule has 1 saturated heterocycles. The Labute approximate surface area is 108 Å². The van der Waals surface area contributed by atoms with Crippen LogP contribution in [0.25, 0.3) is 0 Å². The van der Waals surface area contributed by atoms with Gasteiger partial charge >= 0.3 is 0 Å². The quantitative estimate of drug-likeness (QED) is 0.737. The summed E-state index contributed by atoms with van der Waals surface area (Å²) in [6.45, 7) is 10.1. The summed E-state index contributed by atoms with van der Waals surface area (Å²) in [5.74, 6) is 0. The molecule has 0 amide bonds. The van der Waals surface area contributed by atoms with Gasteiger partial charge in [0.25, 0.3) is 0 Å². The fraction of sp³-hybridized carbons (Fsp3) is 1.00. The molecule has 1 aliphatic rings. The highest BCUT2D eigenvalue weighted by Gasteiger charge is 2.43. The molecule has 102 valence electrons. The lowest BCUT2D eigenvalue weighted by molar-refractivity contribution is 0.0303. The molecule has 1 aliphatic heterocycles. The third-order valence-electron chi connectivity index (χ3n) is 4.62.